The second-order valence-corrected chi connectivity index (χ2v) is 6.70. The van der Waals surface area contributed by atoms with Gasteiger partial charge in [-0.2, -0.15) is 5.10 Å². The fraction of sp³-hybridized carbons (Fsp3) is 0.125. The quantitative estimate of drug-likeness (QED) is 0.778. The number of carbonyl (C=O) groups is 1. The molecule has 0 spiro atoms. The van der Waals surface area contributed by atoms with Crippen molar-refractivity contribution in [1.29, 1.82) is 0 Å². The second-order valence-electron chi connectivity index (χ2n) is 5.07. The molecule has 0 saturated carbocycles. The van der Waals surface area contributed by atoms with Crippen molar-refractivity contribution in [1.82, 2.24) is 14.8 Å². The van der Waals surface area contributed by atoms with Crippen LogP contribution in [-0.4, -0.2) is 20.7 Å². The number of aromatic nitrogens is 3. The van der Waals surface area contributed by atoms with Crippen LogP contribution in [0.1, 0.15) is 15.4 Å². The summed E-state index contributed by atoms with van der Waals surface area (Å²) in [6.07, 6.45) is 0. The number of nitrogens with zero attached hydrogens (tertiary/aromatic N) is 3. The Morgan fingerprint density at radius 2 is 1.92 bits per heavy atom. The number of thiazole rings is 1. The first kappa shape index (κ1) is 16.4. The van der Waals surface area contributed by atoms with Gasteiger partial charge in [0.15, 0.2) is 5.13 Å². The van der Waals surface area contributed by atoms with E-state index in [1.165, 1.54) is 30.5 Å². The predicted octanol–water partition coefficient (Wildman–Crippen LogP) is 3.12. The molecule has 0 radical (unpaired) electrons. The van der Waals surface area contributed by atoms with Crippen LogP contribution in [0.25, 0.3) is 11.3 Å². The monoisotopic (exact) mass is 360 g/mol. The van der Waals surface area contributed by atoms with Gasteiger partial charge in [-0.05, 0) is 25.1 Å². The summed E-state index contributed by atoms with van der Waals surface area (Å²) in [6.45, 7) is 1.93. The number of benzene rings is 1. The predicted molar refractivity (Wildman–Crippen MR) is 94.7 cm³/mol. The highest BCUT2D eigenvalue weighted by Gasteiger charge is 2.14. The van der Waals surface area contributed by atoms with Crippen LogP contribution < -0.4 is 10.9 Å². The maximum atomic E-state index is 12.2. The number of amides is 1. The summed E-state index contributed by atoms with van der Waals surface area (Å²) in [6, 6.07) is 10.0. The lowest BCUT2D eigenvalue weighted by Gasteiger charge is -2.02. The molecule has 0 aliphatic heterocycles. The van der Waals surface area contributed by atoms with E-state index in [1.807, 2.05) is 19.1 Å². The van der Waals surface area contributed by atoms with Gasteiger partial charge in [0.2, 0.25) is 0 Å². The van der Waals surface area contributed by atoms with E-state index < -0.39 is 5.91 Å². The number of hydrogen-bond donors (Lipinski definition) is 1. The molecule has 1 amide bonds. The van der Waals surface area contributed by atoms with E-state index in [0.29, 0.717) is 10.2 Å². The highest BCUT2D eigenvalue weighted by Crippen LogP contribution is 2.31. The third-order valence-electron chi connectivity index (χ3n) is 3.33. The van der Waals surface area contributed by atoms with Crippen molar-refractivity contribution in [3.8, 4) is 11.3 Å². The molecule has 0 bridgehead atoms. The molecule has 24 heavy (non-hydrogen) atoms. The van der Waals surface area contributed by atoms with E-state index in [4.69, 9.17) is 11.6 Å². The number of carbonyl (C=O) groups excluding carboxylic acids is 1. The van der Waals surface area contributed by atoms with E-state index in [-0.39, 0.29) is 11.3 Å². The maximum absolute atomic E-state index is 12.2. The molecule has 0 aliphatic carbocycles. The molecule has 3 aromatic rings. The molecular formula is C16H13ClN4O2S. The molecule has 8 heteroatoms. The van der Waals surface area contributed by atoms with Crippen molar-refractivity contribution in [2.45, 2.75) is 6.92 Å². The highest BCUT2D eigenvalue weighted by molar-refractivity contribution is 7.16. The van der Waals surface area contributed by atoms with Gasteiger partial charge in [0.05, 0.1) is 5.69 Å². The Balaban J connectivity index is 1.84. The Labute approximate surface area is 146 Å². The van der Waals surface area contributed by atoms with Crippen molar-refractivity contribution in [2.75, 3.05) is 5.32 Å². The van der Waals surface area contributed by atoms with Crippen molar-refractivity contribution in [3.05, 3.63) is 62.3 Å². The summed E-state index contributed by atoms with van der Waals surface area (Å²) >= 11 is 7.27. The highest BCUT2D eigenvalue weighted by atomic mass is 35.5. The third-order valence-corrected chi connectivity index (χ3v) is 4.47. The average Bonchev–Trinajstić information content (AvgIpc) is 2.91. The molecule has 0 fully saturated rings. The van der Waals surface area contributed by atoms with Gasteiger partial charge in [-0.25, -0.2) is 9.67 Å². The zero-order chi connectivity index (χ0) is 17.3. The van der Waals surface area contributed by atoms with Gasteiger partial charge >= 0.3 is 0 Å². The molecule has 0 atom stereocenters. The van der Waals surface area contributed by atoms with E-state index >= 15 is 0 Å². The topological polar surface area (TPSA) is 76.9 Å². The molecule has 0 aliphatic rings. The normalized spacial score (nSPS) is 10.6. The number of halogens is 1. The maximum Gasteiger partial charge on any atom is 0.277 e. The second kappa shape index (κ2) is 6.54. The van der Waals surface area contributed by atoms with Crippen LogP contribution in [0.4, 0.5) is 5.13 Å². The van der Waals surface area contributed by atoms with Gasteiger partial charge in [-0.1, -0.05) is 23.7 Å². The largest absolute Gasteiger partial charge is 0.296 e. The Bertz CT molecular complexity index is 963. The summed E-state index contributed by atoms with van der Waals surface area (Å²) in [7, 11) is 1.49. The lowest BCUT2D eigenvalue weighted by molar-refractivity contribution is 0.102. The Hall–Kier alpha value is -2.51. The van der Waals surface area contributed by atoms with Crippen LogP contribution in [0.15, 0.2) is 41.2 Å². The van der Waals surface area contributed by atoms with Crippen molar-refractivity contribution >= 4 is 34.0 Å². The molecule has 1 aromatic carbocycles. The number of hydrogen-bond acceptors (Lipinski definition) is 5. The minimum Gasteiger partial charge on any atom is -0.296 e. The first-order valence-electron chi connectivity index (χ1n) is 7.03. The molecule has 0 saturated heterocycles. The lowest BCUT2D eigenvalue weighted by atomic mass is 10.1. The lowest BCUT2D eigenvalue weighted by Crippen LogP contribution is -2.23. The first-order valence-corrected chi connectivity index (χ1v) is 8.22. The zero-order valence-electron chi connectivity index (χ0n) is 12.9. The van der Waals surface area contributed by atoms with Gasteiger partial charge in [-0.3, -0.25) is 14.9 Å². The Kier molecular flexibility index (Phi) is 4.46. The van der Waals surface area contributed by atoms with E-state index in [0.717, 1.165) is 20.8 Å². The van der Waals surface area contributed by atoms with Crippen molar-refractivity contribution in [3.63, 3.8) is 0 Å². The fourth-order valence-electron chi connectivity index (χ4n) is 2.11. The van der Waals surface area contributed by atoms with Gasteiger partial charge in [0.25, 0.3) is 11.5 Å². The smallest absolute Gasteiger partial charge is 0.277 e. The Morgan fingerprint density at radius 3 is 2.58 bits per heavy atom. The molecule has 0 unspecified atom stereocenters. The number of anilines is 1. The minimum atomic E-state index is -0.415. The van der Waals surface area contributed by atoms with E-state index in [9.17, 15) is 9.59 Å². The Morgan fingerprint density at radius 1 is 1.21 bits per heavy atom. The zero-order valence-corrected chi connectivity index (χ0v) is 14.5. The third kappa shape index (κ3) is 3.37. The first-order chi connectivity index (χ1) is 11.4. The average molecular weight is 361 g/mol. The molecule has 2 heterocycles. The molecular weight excluding hydrogens is 348 g/mol. The van der Waals surface area contributed by atoms with Crippen LogP contribution >= 0.6 is 22.9 Å². The number of aryl methyl sites for hydroxylation is 2. The summed E-state index contributed by atoms with van der Waals surface area (Å²) in [5.74, 6) is -0.415. The SMILES string of the molecule is Cc1sc(NC(=O)c2ccc(=O)n(C)n2)nc1-c1ccc(Cl)cc1. The van der Waals surface area contributed by atoms with Crippen LogP contribution in [0.3, 0.4) is 0 Å². The van der Waals surface area contributed by atoms with Gasteiger partial charge < -0.3 is 0 Å². The summed E-state index contributed by atoms with van der Waals surface area (Å²) < 4.78 is 1.11. The summed E-state index contributed by atoms with van der Waals surface area (Å²) in [4.78, 5) is 29.0. The number of rotatable bonds is 3. The van der Waals surface area contributed by atoms with Crippen molar-refractivity contribution in [2.24, 2.45) is 7.05 Å². The van der Waals surface area contributed by atoms with Crippen LogP contribution in [0, 0.1) is 6.92 Å². The van der Waals surface area contributed by atoms with Crippen molar-refractivity contribution < 1.29 is 4.79 Å². The van der Waals surface area contributed by atoms with Crippen LogP contribution in [-0.2, 0) is 7.05 Å². The standard InChI is InChI=1S/C16H13ClN4O2S/c1-9-14(10-3-5-11(17)6-4-10)18-16(24-9)19-15(23)12-7-8-13(22)21(2)20-12/h3-8H,1-2H3,(H,18,19,23). The van der Waals surface area contributed by atoms with Crippen LogP contribution in [0.5, 0.6) is 0 Å². The molecule has 6 nitrogen and oxygen atoms in total. The van der Waals surface area contributed by atoms with Gasteiger partial charge in [0.1, 0.15) is 5.69 Å². The molecule has 3 rings (SSSR count). The van der Waals surface area contributed by atoms with Gasteiger partial charge in [-0.15, -0.1) is 11.3 Å². The number of nitrogens with one attached hydrogen (secondary N) is 1. The summed E-state index contributed by atoms with van der Waals surface area (Å²) in [5, 5.41) is 7.76. The van der Waals surface area contributed by atoms with E-state index in [2.05, 4.69) is 15.4 Å². The molecule has 122 valence electrons. The minimum absolute atomic E-state index is 0.151. The van der Waals surface area contributed by atoms with Crippen LogP contribution in [0.2, 0.25) is 5.02 Å². The molecule has 1 N–H and O–H groups in total. The fourth-order valence-corrected chi connectivity index (χ4v) is 3.07. The van der Waals surface area contributed by atoms with E-state index in [1.54, 1.807) is 12.1 Å². The summed E-state index contributed by atoms with van der Waals surface area (Å²) in [5.41, 5.74) is 1.59. The van der Waals surface area contributed by atoms with Gasteiger partial charge in [0, 0.05) is 28.6 Å². The molecule has 2 aromatic heterocycles.